The van der Waals surface area contributed by atoms with E-state index in [9.17, 15) is 28.8 Å². The van der Waals surface area contributed by atoms with Gasteiger partial charge in [-0.25, -0.2) is 28.8 Å². The van der Waals surface area contributed by atoms with Crippen molar-refractivity contribution < 1.29 is 80.9 Å². The van der Waals surface area contributed by atoms with Crippen molar-refractivity contribution >= 4 is 48.0 Å². The highest BCUT2D eigenvalue weighted by atomic mass is 16.7. The van der Waals surface area contributed by atoms with Gasteiger partial charge in [0, 0.05) is 24.3 Å². The first-order chi connectivity index (χ1) is 39.3. The number of rotatable bonds is 28. The van der Waals surface area contributed by atoms with Crippen molar-refractivity contribution in [3.05, 3.63) is 186 Å². The summed E-state index contributed by atoms with van der Waals surface area (Å²) in [5, 5.41) is 0. The predicted octanol–water partition coefficient (Wildman–Crippen LogP) is 10.7. The zero-order valence-corrected chi connectivity index (χ0v) is 45.8. The van der Waals surface area contributed by atoms with Gasteiger partial charge in [0.15, 0.2) is 12.2 Å². The second-order valence-corrected chi connectivity index (χ2v) is 18.5. The summed E-state index contributed by atoms with van der Waals surface area (Å²) in [6, 6.07) is 33.2. The molecule has 4 atom stereocenters. The van der Waals surface area contributed by atoms with E-state index in [1.165, 1.54) is 12.2 Å². The maximum Gasteiger partial charge on any atom is 0.343 e. The van der Waals surface area contributed by atoms with Crippen molar-refractivity contribution in [2.45, 2.75) is 83.7 Å². The Bertz CT molecular complexity index is 2930. The van der Waals surface area contributed by atoms with Crippen LogP contribution in [0.15, 0.2) is 153 Å². The molecular weight excluding hydrogens is 1040 g/mol. The van der Waals surface area contributed by atoms with Gasteiger partial charge in [0.2, 0.25) is 0 Å². The standard InChI is InChI=1S/C35H36O10.C29H32O7/c1-4-32(36)42-22-8-6-20-40-28-14-10-26(11-15-28)34(38)44-30-18-19-31(25(3)24-30)45-35(39)27-12-16-29(17-13-27)41-21-7-9-23-43-33(37)5-2;1-3-4-17-32-23-13-9-22(10-14-23)12-16-27(31)36-25-19-34-28-24(18-33-29(25)28)35-26(30)15-11-21-7-5-20(2)6-8-21/h4-5,10-19,24H,1-2,6-9,20-23H2,3H3;5-16,24-25,28-29H,3-4,17-19H2,1-2H3/b;15-11+,16-12+/t;24-,25-,28-,29-/m.1/s1. The van der Waals surface area contributed by atoms with E-state index in [4.69, 9.17) is 52.1 Å². The van der Waals surface area contributed by atoms with Gasteiger partial charge in [-0.3, -0.25) is 0 Å². The van der Waals surface area contributed by atoms with Crippen molar-refractivity contribution in [3.63, 3.8) is 0 Å². The molecule has 2 saturated heterocycles. The van der Waals surface area contributed by atoms with Crippen LogP contribution in [0.1, 0.15) is 88.4 Å². The van der Waals surface area contributed by atoms with Gasteiger partial charge in [-0.05, 0) is 154 Å². The highest BCUT2D eigenvalue weighted by Gasteiger charge is 2.51. The lowest BCUT2D eigenvalue weighted by molar-refractivity contribution is -0.149. The average molecular weight is 1110 g/mol. The number of benzene rings is 5. The van der Waals surface area contributed by atoms with Gasteiger partial charge in [-0.1, -0.05) is 68.5 Å². The summed E-state index contributed by atoms with van der Waals surface area (Å²) in [5.74, 6) is -0.326. The van der Waals surface area contributed by atoms with Crippen LogP contribution in [0.25, 0.3) is 12.2 Å². The first kappa shape index (κ1) is 61.4. The molecule has 2 heterocycles. The number of ether oxygens (including phenoxy) is 11. The highest BCUT2D eigenvalue weighted by molar-refractivity contribution is 5.92. The summed E-state index contributed by atoms with van der Waals surface area (Å²) in [7, 11) is 0. The molecule has 0 amide bonds. The number of carbonyl (C=O) groups is 6. The van der Waals surface area contributed by atoms with Gasteiger partial charge in [0.05, 0.1) is 57.4 Å². The predicted molar refractivity (Wildman–Crippen MR) is 301 cm³/mol. The van der Waals surface area contributed by atoms with Crippen LogP contribution in [0.2, 0.25) is 0 Å². The molecule has 2 aliphatic rings. The molecule has 17 heteroatoms. The minimum Gasteiger partial charge on any atom is -0.494 e. The largest absolute Gasteiger partial charge is 0.494 e. The van der Waals surface area contributed by atoms with Gasteiger partial charge in [0.1, 0.15) is 41.0 Å². The van der Waals surface area contributed by atoms with E-state index in [1.807, 2.05) is 55.5 Å². The van der Waals surface area contributed by atoms with E-state index < -0.39 is 60.2 Å². The third kappa shape index (κ3) is 21.1. The summed E-state index contributed by atoms with van der Waals surface area (Å²) in [4.78, 5) is 72.0. The minimum absolute atomic E-state index is 0.186. The summed E-state index contributed by atoms with van der Waals surface area (Å²) >= 11 is 0. The maximum atomic E-state index is 12.7. The summed E-state index contributed by atoms with van der Waals surface area (Å²) < 4.78 is 60.4. The van der Waals surface area contributed by atoms with Gasteiger partial charge in [-0.15, -0.1) is 0 Å². The molecule has 2 fully saturated rings. The Kier molecular flexibility index (Phi) is 25.0. The van der Waals surface area contributed by atoms with E-state index in [0.29, 0.717) is 98.4 Å². The highest BCUT2D eigenvalue weighted by Crippen LogP contribution is 2.31. The number of aryl methyl sites for hydroxylation is 2. The number of unbranched alkanes of at least 4 members (excludes halogenated alkanes) is 3. The van der Waals surface area contributed by atoms with Crippen LogP contribution >= 0.6 is 0 Å². The molecule has 81 heavy (non-hydrogen) atoms. The van der Waals surface area contributed by atoms with Gasteiger partial charge in [-0.2, -0.15) is 0 Å². The SMILES string of the molecule is C=CC(=O)OCCCCOc1ccc(C(=O)Oc2ccc(OC(=O)c3ccc(OCCCCOC(=O)C=C)cc3)c(C)c2)cc1.CCCCOc1ccc(/C=C/C(=O)O[C@@H]2CO[C@H]3[C@@H]2OC[C@H]3OC(=O)/C=C/c2ccc(C)cc2)cc1. The lowest BCUT2D eigenvalue weighted by atomic mass is 10.1. The van der Waals surface area contributed by atoms with Gasteiger partial charge >= 0.3 is 35.8 Å². The smallest absolute Gasteiger partial charge is 0.343 e. The second-order valence-electron chi connectivity index (χ2n) is 18.5. The number of esters is 6. The van der Waals surface area contributed by atoms with Crippen molar-refractivity contribution in [2.24, 2.45) is 0 Å². The Morgan fingerprint density at radius 2 is 0.901 bits per heavy atom. The molecule has 0 aliphatic carbocycles. The van der Waals surface area contributed by atoms with Crippen LogP contribution in [-0.4, -0.2) is 106 Å². The summed E-state index contributed by atoms with van der Waals surface area (Å²) in [6.45, 7) is 15.1. The molecule has 5 aromatic rings. The molecule has 0 saturated carbocycles. The molecule has 2 aliphatic heterocycles. The summed E-state index contributed by atoms with van der Waals surface area (Å²) in [6.07, 6.45) is 11.1. The van der Waals surface area contributed by atoms with E-state index in [1.54, 1.807) is 85.8 Å². The molecule has 0 bridgehead atoms. The van der Waals surface area contributed by atoms with Crippen molar-refractivity contribution in [1.82, 2.24) is 0 Å². The van der Waals surface area contributed by atoms with Crippen LogP contribution in [0.5, 0.6) is 28.7 Å². The first-order valence-electron chi connectivity index (χ1n) is 26.7. The van der Waals surface area contributed by atoms with Crippen LogP contribution in [-0.2, 0) is 47.6 Å². The minimum atomic E-state index is -0.562. The molecule has 0 N–H and O–H groups in total. The maximum absolute atomic E-state index is 12.7. The van der Waals surface area contributed by atoms with E-state index in [-0.39, 0.29) is 13.2 Å². The fourth-order valence-electron chi connectivity index (χ4n) is 7.77. The third-order valence-electron chi connectivity index (χ3n) is 12.2. The zero-order valence-electron chi connectivity index (χ0n) is 45.8. The molecule has 426 valence electrons. The lowest BCUT2D eigenvalue weighted by Crippen LogP contribution is -2.35. The van der Waals surface area contributed by atoms with E-state index in [2.05, 4.69) is 20.1 Å². The molecule has 17 nitrogen and oxygen atoms in total. The Balaban J connectivity index is 0.000000267. The fourth-order valence-corrected chi connectivity index (χ4v) is 7.77. The van der Waals surface area contributed by atoms with Gasteiger partial charge < -0.3 is 52.1 Å². The Morgan fingerprint density at radius 3 is 1.35 bits per heavy atom. The number of hydrogen-bond donors (Lipinski definition) is 0. The normalized spacial score (nSPS) is 16.0. The lowest BCUT2D eigenvalue weighted by Gasteiger charge is -2.16. The molecule has 5 aromatic carbocycles. The van der Waals surface area contributed by atoms with Crippen molar-refractivity contribution in [3.8, 4) is 28.7 Å². The van der Waals surface area contributed by atoms with Crippen LogP contribution in [0.4, 0.5) is 0 Å². The molecular formula is C64H68O17. The molecule has 7 rings (SSSR count). The van der Waals surface area contributed by atoms with Crippen LogP contribution < -0.4 is 23.7 Å². The summed E-state index contributed by atoms with van der Waals surface area (Å²) in [5.41, 5.74) is 4.21. The van der Waals surface area contributed by atoms with Crippen molar-refractivity contribution in [2.75, 3.05) is 46.2 Å². The second kappa shape index (κ2) is 32.9. The van der Waals surface area contributed by atoms with Crippen molar-refractivity contribution in [1.29, 1.82) is 0 Å². The fraction of sp³-hybridized carbons (Fsp3) is 0.312. The third-order valence-corrected chi connectivity index (χ3v) is 12.2. The molecule has 0 radical (unpaired) electrons. The Labute approximate surface area is 472 Å². The number of carbonyl (C=O) groups excluding carboxylic acids is 6. The van der Waals surface area contributed by atoms with E-state index in [0.717, 1.165) is 47.4 Å². The van der Waals surface area contributed by atoms with Crippen LogP contribution in [0.3, 0.4) is 0 Å². The van der Waals surface area contributed by atoms with Crippen LogP contribution in [0, 0.1) is 13.8 Å². The molecule has 0 unspecified atom stereocenters. The first-order valence-corrected chi connectivity index (χ1v) is 26.7. The zero-order chi connectivity index (χ0) is 57.8. The monoisotopic (exact) mass is 1110 g/mol. The topological polar surface area (TPSA) is 204 Å². The quantitative estimate of drug-likeness (QED) is 0.0150. The number of fused-ring (bicyclic) bond motifs is 1. The Morgan fingerprint density at radius 1 is 0.494 bits per heavy atom. The number of hydrogen-bond acceptors (Lipinski definition) is 17. The average Bonchev–Trinajstić information content (AvgIpc) is 4.32. The molecule has 0 aromatic heterocycles. The van der Waals surface area contributed by atoms with E-state index >= 15 is 0 Å². The Hall–Kier alpha value is -8.80. The molecule has 0 spiro atoms. The van der Waals surface area contributed by atoms with Gasteiger partial charge in [0.25, 0.3) is 0 Å².